The summed E-state index contributed by atoms with van der Waals surface area (Å²) < 4.78 is 1.44. The molecule has 0 aromatic heterocycles. The van der Waals surface area contributed by atoms with Gasteiger partial charge in [0.15, 0.2) is 0 Å². The molecular formula is C19H34N+. The van der Waals surface area contributed by atoms with Gasteiger partial charge in [0.2, 0.25) is 0 Å². The van der Waals surface area contributed by atoms with E-state index in [-0.39, 0.29) is 0 Å². The number of fused-ring (bicyclic) bond motifs is 5. The molecular weight excluding hydrogens is 242 g/mol. The maximum atomic E-state index is 2.70. The molecule has 1 nitrogen and oxygen atoms in total. The predicted octanol–water partition coefficient (Wildman–Crippen LogP) is 4.61. The zero-order valence-electron chi connectivity index (χ0n) is 14.0. The van der Waals surface area contributed by atoms with E-state index < -0.39 is 0 Å². The standard InChI is InChI=1S/C19H34N/c1-18-10-4-5-11-19(18,2)16-9-14-20(3)13-6-7-17(20)15(16)8-12-18/h15-17H,4-14H2,1-3H3/q+1. The molecule has 0 bridgehead atoms. The number of rotatable bonds is 0. The van der Waals surface area contributed by atoms with E-state index in [4.69, 9.17) is 0 Å². The zero-order chi connectivity index (χ0) is 14.0. The maximum Gasteiger partial charge on any atom is 0.0921 e. The molecule has 2 heterocycles. The maximum absolute atomic E-state index is 2.70. The normalized spacial score (nSPS) is 58.6. The fourth-order valence-corrected chi connectivity index (χ4v) is 7.32. The van der Waals surface area contributed by atoms with Gasteiger partial charge in [0.25, 0.3) is 0 Å². The molecule has 0 radical (unpaired) electrons. The summed E-state index contributed by atoms with van der Waals surface area (Å²) in [6.07, 6.45) is 13.7. The smallest absolute Gasteiger partial charge is 0.0921 e. The van der Waals surface area contributed by atoms with E-state index >= 15 is 0 Å². The van der Waals surface area contributed by atoms with Crippen LogP contribution in [0.15, 0.2) is 0 Å². The van der Waals surface area contributed by atoms with Gasteiger partial charge in [-0.3, -0.25) is 0 Å². The van der Waals surface area contributed by atoms with Crippen molar-refractivity contribution in [2.45, 2.75) is 77.7 Å². The minimum atomic E-state index is 0.669. The molecule has 2 saturated carbocycles. The molecule has 0 aromatic carbocycles. The van der Waals surface area contributed by atoms with Crippen LogP contribution in [0.3, 0.4) is 0 Å². The Labute approximate surface area is 125 Å². The van der Waals surface area contributed by atoms with Gasteiger partial charge >= 0.3 is 0 Å². The molecule has 4 fully saturated rings. The summed E-state index contributed by atoms with van der Waals surface area (Å²) in [5, 5.41) is 0. The molecule has 2 aliphatic carbocycles. The van der Waals surface area contributed by atoms with Gasteiger partial charge in [0.05, 0.1) is 26.2 Å². The molecule has 2 saturated heterocycles. The van der Waals surface area contributed by atoms with Crippen molar-refractivity contribution in [2.24, 2.45) is 22.7 Å². The van der Waals surface area contributed by atoms with Gasteiger partial charge in [0, 0.05) is 25.2 Å². The first-order valence-corrected chi connectivity index (χ1v) is 9.33. The van der Waals surface area contributed by atoms with Crippen LogP contribution in [-0.4, -0.2) is 30.7 Å². The Morgan fingerprint density at radius 2 is 1.65 bits per heavy atom. The van der Waals surface area contributed by atoms with E-state index in [1.54, 1.807) is 6.42 Å². The second-order valence-corrected chi connectivity index (χ2v) is 9.42. The number of quaternary nitrogens is 1. The number of hydrogen-bond acceptors (Lipinski definition) is 0. The van der Waals surface area contributed by atoms with Crippen molar-refractivity contribution in [1.82, 2.24) is 0 Å². The molecule has 6 unspecified atom stereocenters. The minimum absolute atomic E-state index is 0.669. The Morgan fingerprint density at radius 3 is 2.50 bits per heavy atom. The largest absolute Gasteiger partial charge is 0.323 e. The lowest BCUT2D eigenvalue weighted by atomic mass is 9.44. The van der Waals surface area contributed by atoms with Crippen LogP contribution in [0.4, 0.5) is 0 Å². The van der Waals surface area contributed by atoms with Crippen LogP contribution in [0.5, 0.6) is 0 Å². The second-order valence-electron chi connectivity index (χ2n) is 9.42. The third-order valence-corrected chi connectivity index (χ3v) is 8.83. The first kappa shape index (κ1) is 13.6. The van der Waals surface area contributed by atoms with Gasteiger partial charge in [-0.25, -0.2) is 0 Å². The van der Waals surface area contributed by atoms with Gasteiger partial charge in [-0.05, 0) is 42.4 Å². The van der Waals surface area contributed by atoms with Gasteiger partial charge in [-0.15, -0.1) is 0 Å². The molecule has 114 valence electrons. The van der Waals surface area contributed by atoms with Crippen molar-refractivity contribution in [2.75, 3.05) is 20.1 Å². The first-order valence-electron chi connectivity index (χ1n) is 9.33. The molecule has 0 aromatic rings. The van der Waals surface area contributed by atoms with Crippen LogP contribution in [0.25, 0.3) is 0 Å². The number of nitrogens with zero attached hydrogens (tertiary/aromatic N) is 1. The van der Waals surface area contributed by atoms with Crippen molar-refractivity contribution in [3.8, 4) is 0 Å². The van der Waals surface area contributed by atoms with E-state index in [2.05, 4.69) is 20.9 Å². The van der Waals surface area contributed by atoms with Gasteiger partial charge in [-0.2, -0.15) is 0 Å². The van der Waals surface area contributed by atoms with E-state index in [9.17, 15) is 0 Å². The Bertz CT molecular complexity index is 405. The zero-order valence-corrected chi connectivity index (χ0v) is 14.0. The van der Waals surface area contributed by atoms with Crippen molar-refractivity contribution >= 4 is 0 Å². The lowest BCUT2D eigenvalue weighted by Gasteiger charge is -2.64. The van der Waals surface area contributed by atoms with E-state index in [0.29, 0.717) is 10.8 Å². The van der Waals surface area contributed by atoms with E-state index in [1.165, 1.54) is 68.9 Å². The summed E-state index contributed by atoms with van der Waals surface area (Å²) >= 11 is 0. The van der Waals surface area contributed by atoms with Crippen LogP contribution in [-0.2, 0) is 0 Å². The monoisotopic (exact) mass is 276 g/mol. The van der Waals surface area contributed by atoms with Crippen LogP contribution >= 0.6 is 0 Å². The SMILES string of the molecule is CC12CCCCC1(C)C1CC[N+]3(C)CCCC3C1CC2. The first-order chi connectivity index (χ1) is 9.49. The third-order valence-electron chi connectivity index (χ3n) is 8.83. The highest BCUT2D eigenvalue weighted by molar-refractivity contribution is 5.07. The second kappa shape index (κ2) is 4.24. The minimum Gasteiger partial charge on any atom is -0.323 e. The quantitative estimate of drug-likeness (QED) is 0.567. The molecule has 1 heteroatoms. The average molecular weight is 276 g/mol. The Hall–Kier alpha value is -0.0400. The Balaban J connectivity index is 1.68. The Morgan fingerprint density at radius 1 is 0.850 bits per heavy atom. The molecule has 4 aliphatic rings. The molecule has 0 N–H and O–H groups in total. The van der Waals surface area contributed by atoms with E-state index in [1.807, 2.05) is 0 Å². The van der Waals surface area contributed by atoms with E-state index in [0.717, 1.165) is 17.9 Å². The fourth-order valence-electron chi connectivity index (χ4n) is 7.32. The highest BCUT2D eigenvalue weighted by Crippen LogP contribution is 2.65. The lowest BCUT2D eigenvalue weighted by Crippen LogP contribution is -2.64. The highest BCUT2D eigenvalue weighted by atomic mass is 15.4. The topological polar surface area (TPSA) is 0 Å². The summed E-state index contributed by atoms with van der Waals surface area (Å²) in [7, 11) is 2.57. The predicted molar refractivity (Wildman–Crippen MR) is 84.5 cm³/mol. The summed E-state index contributed by atoms with van der Waals surface area (Å²) in [6.45, 7) is 8.31. The van der Waals surface area contributed by atoms with Crippen LogP contribution in [0.2, 0.25) is 0 Å². The molecule has 0 amide bonds. The summed E-state index contributed by atoms with van der Waals surface area (Å²) in [5.41, 5.74) is 1.34. The van der Waals surface area contributed by atoms with Crippen molar-refractivity contribution in [1.29, 1.82) is 0 Å². The molecule has 0 spiro atoms. The number of hydrogen-bond donors (Lipinski definition) is 0. The third kappa shape index (κ3) is 1.59. The lowest BCUT2D eigenvalue weighted by molar-refractivity contribution is -0.932. The van der Waals surface area contributed by atoms with Crippen LogP contribution in [0, 0.1) is 22.7 Å². The molecule has 2 aliphatic heterocycles. The van der Waals surface area contributed by atoms with Gasteiger partial charge in [-0.1, -0.05) is 26.7 Å². The molecule has 20 heavy (non-hydrogen) atoms. The van der Waals surface area contributed by atoms with Gasteiger partial charge < -0.3 is 4.48 Å². The highest BCUT2D eigenvalue weighted by Gasteiger charge is 2.61. The van der Waals surface area contributed by atoms with Crippen LogP contribution in [0.1, 0.15) is 71.6 Å². The summed E-state index contributed by atoms with van der Waals surface area (Å²) in [5.74, 6) is 2.11. The van der Waals surface area contributed by atoms with Gasteiger partial charge in [0.1, 0.15) is 0 Å². The average Bonchev–Trinajstić information content (AvgIpc) is 2.81. The molecule has 4 rings (SSSR count). The van der Waals surface area contributed by atoms with Crippen molar-refractivity contribution < 1.29 is 4.48 Å². The van der Waals surface area contributed by atoms with Crippen LogP contribution < -0.4 is 0 Å². The summed E-state index contributed by atoms with van der Waals surface area (Å²) in [6, 6.07) is 1.03. The molecule has 6 atom stereocenters. The number of piperidine rings is 1. The van der Waals surface area contributed by atoms with Crippen molar-refractivity contribution in [3.05, 3.63) is 0 Å². The summed E-state index contributed by atoms with van der Waals surface area (Å²) in [4.78, 5) is 0. The fraction of sp³-hybridized carbons (Fsp3) is 1.00. The van der Waals surface area contributed by atoms with Crippen molar-refractivity contribution in [3.63, 3.8) is 0 Å². The Kier molecular flexibility index (Phi) is 2.89.